The zero-order chi connectivity index (χ0) is 13.0. The molecular formula is C14H18FN3. The van der Waals surface area contributed by atoms with Crippen LogP contribution in [0.15, 0.2) is 36.5 Å². The van der Waals surface area contributed by atoms with E-state index in [0.717, 1.165) is 24.2 Å². The molecule has 0 spiro atoms. The summed E-state index contributed by atoms with van der Waals surface area (Å²) in [6, 6.07) is 8.85. The van der Waals surface area contributed by atoms with Crippen LogP contribution in [0.3, 0.4) is 0 Å². The van der Waals surface area contributed by atoms with E-state index in [2.05, 4.69) is 17.3 Å². The first-order chi connectivity index (χ1) is 8.65. The number of aryl methyl sites for hydroxylation is 1. The van der Waals surface area contributed by atoms with Crippen LogP contribution in [-0.2, 0) is 13.5 Å². The Kier molecular flexibility index (Phi) is 4.10. The number of hydrogen-bond acceptors (Lipinski definition) is 2. The standard InChI is InChI=1S/C14H18FN3/c1-11(12-3-5-13(15)6-4-12)16-9-7-14-8-10-18(2)17-14/h3-6,8,10-11,16H,7,9H2,1-2H3. The molecule has 1 N–H and O–H groups in total. The molecule has 1 unspecified atom stereocenters. The number of rotatable bonds is 5. The third-order valence-corrected chi connectivity index (χ3v) is 2.97. The van der Waals surface area contributed by atoms with Crippen molar-refractivity contribution in [3.05, 3.63) is 53.6 Å². The van der Waals surface area contributed by atoms with Crippen molar-refractivity contribution >= 4 is 0 Å². The lowest BCUT2D eigenvalue weighted by molar-refractivity contribution is 0.568. The van der Waals surface area contributed by atoms with E-state index >= 15 is 0 Å². The molecule has 0 aliphatic heterocycles. The Morgan fingerprint density at radius 1 is 1.28 bits per heavy atom. The highest BCUT2D eigenvalue weighted by molar-refractivity contribution is 5.19. The predicted octanol–water partition coefficient (Wildman–Crippen LogP) is 2.45. The monoisotopic (exact) mass is 247 g/mol. The van der Waals surface area contributed by atoms with E-state index < -0.39 is 0 Å². The molecule has 4 heteroatoms. The van der Waals surface area contributed by atoms with Gasteiger partial charge in [0.25, 0.3) is 0 Å². The number of halogens is 1. The fraction of sp³-hybridized carbons (Fsp3) is 0.357. The second-order valence-electron chi connectivity index (χ2n) is 4.46. The van der Waals surface area contributed by atoms with Gasteiger partial charge in [0.2, 0.25) is 0 Å². The molecule has 1 aromatic heterocycles. The average Bonchev–Trinajstić information content (AvgIpc) is 2.76. The van der Waals surface area contributed by atoms with Crippen LogP contribution in [0, 0.1) is 5.82 Å². The topological polar surface area (TPSA) is 29.9 Å². The van der Waals surface area contributed by atoms with E-state index in [9.17, 15) is 4.39 Å². The molecular weight excluding hydrogens is 229 g/mol. The molecule has 3 nitrogen and oxygen atoms in total. The van der Waals surface area contributed by atoms with Crippen LogP contribution in [-0.4, -0.2) is 16.3 Å². The Bertz CT molecular complexity index is 490. The Balaban J connectivity index is 1.81. The molecule has 2 aromatic rings. The Morgan fingerprint density at radius 3 is 2.61 bits per heavy atom. The third-order valence-electron chi connectivity index (χ3n) is 2.97. The number of aromatic nitrogens is 2. The van der Waals surface area contributed by atoms with E-state index in [0.29, 0.717) is 0 Å². The van der Waals surface area contributed by atoms with Gasteiger partial charge in [0.15, 0.2) is 0 Å². The summed E-state index contributed by atoms with van der Waals surface area (Å²) >= 11 is 0. The second kappa shape index (κ2) is 5.78. The minimum absolute atomic E-state index is 0.195. The first-order valence-corrected chi connectivity index (χ1v) is 6.12. The fourth-order valence-corrected chi connectivity index (χ4v) is 1.88. The smallest absolute Gasteiger partial charge is 0.123 e. The Labute approximate surface area is 107 Å². The first kappa shape index (κ1) is 12.8. The molecule has 0 aliphatic rings. The fourth-order valence-electron chi connectivity index (χ4n) is 1.88. The maximum atomic E-state index is 12.8. The molecule has 0 radical (unpaired) electrons. The van der Waals surface area contributed by atoms with Crippen molar-refractivity contribution in [3.63, 3.8) is 0 Å². The van der Waals surface area contributed by atoms with Gasteiger partial charge in [-0.2, -0.15) is 5.10 Å². The molecule has 2 rings (SSSR count). The maximum Gasteiger partial charge on any atom is 0.123 e. The van der Waals surface area contributed by atoms with Gasteiger partial charge >= 0.3 is 0 Å². The lowest BCUT2D eigenvalue weighted by atomic mass is 10.1. The Hall–Kier alpha value is -1.68. The van der Waals surface area contributed by atoms with Gasteiger partial charge in [-0.1, -0.05) is 12.1 Å². The summed E-state index contributed by atoms with van der Waals surface area (Å²) in [6.07, 6.45) is 2.84. The highest BCUT2D eigenvalue weighted by atomic mass is 19.1. The van der Waals surface area contributed by atoms with Gasteiger partial charge in [0.05, 0.1) is 5.69 Å². The maximum absolute atomic E-state index is 12.8. The summed E-state index contributed by atoms with van der Waals surface area (Å²) in [4.78, 5) is 0. The van der Waals surface area contributed by atoms with Gasteiger partial charge in [-0.15, -0.1) is 0 Å². The van der Waals surface area contributed by atoms with E-state index in [1.165, 1.54) is 12.1 Å². The summed E-state index contributed by atoms with van der Waals surface area (Å²) in [5.74, 6) is -0.195. The van der Waals surface area contributed by atoms with Crippen LogP contribution in [0.2, 0.25) is 0 Å². The normalized spacial score (nSPS) is 12.6. The summed E-state index contributed by atoms with van der Waals surface area (Å²) in [7, 11) is 1.91. The largest absolute Gasteiger partial charge is 0.310 e. The van der Waals surface area contributed by atoms with Crippen molar-refractivity contribution in [2.75, 3.05) is 6.54 Å². The third kappa shape index (κ3) is 3.40. The van der Waals surface area contributed by atoms with Crippen LogP contribution in [0.5, 0.6) is 0 Å². The molecule has 0 bridgehead atoms. The first-order valence-electron chi connectivity index (χ1n) is 6.12. The van der Waals surface area contributed by atoms with Crippen molar-refractivity contribution in [3.8, 4) is 0 Å². The minimum Gasteiger partial charge on any atom is -0.310 e. The SMILES string of the molecule is CC(NCCc1ccn(C)n1)c1ccc(F)cc1. The molecule has 18 heavy (non-hydrogen) atoms. The summed E-state index contributed by atoms with van der Waals surface area (Å²) in [5.41, 5.74) is 2.17. The minimum atomic E-state index is -0.195. The number of benzene rings is 1. The lowest BCUT2D eigenvalue weighted by Gasteiger charge is -2.13. The molecule has 1 aromatic carbocycles. The molecule has 0 aliphatic carbocycles. The predicted molar refractivity (Wildman–Crippen MR) is 69.7 cm³/mol. The molecule has 96 valence electrons. The van der Waals surface area contributed by atoms with E-state index in [1.807, 2.05) is 31.4 Å². The number of hydrogen-bond donors (Lipinski definition) is 1. The number of nitrogens with zero attached hydrogens (tertiary/aromatic N) is 2. The van der Waals surface area contributed by atoms with Crippen LogP contribution in [0.4, 0.5) is 4.39 Å². The summed E-state index contributed by atoms with van der Waals surface area (Å²) < 4.78 is 14.6. The quantitative estimate of drug-likeness (QED) is 0.879. The van der Waals surface area contributed by atoms with Crippen LogP contribution in [0.1, 0.15) is 24.2 Å². The molecule has 0 fully saturated rings. The lowest BCUT2D eigenvalue weighted by Crippen LogP contribution is -2.21. The van der Waals surface area contributed by atoms with Crippen molar-refractivity contribution in [2.24, 2.45) is 7.05 Å². The van der Waals surface area contributed by atoms with Crippen molar-refractivity contribution < 1.29 is 4.39 Å². The van der Waals surface area contributed by atoms with Crippen LogP contribution in [0.25, 0.3) is 0 Å². The molecule has 0 amide bonds. The van der Waals surface area contributed by atoms with Gasteiger partial charge in [-0.25, -0.2) is 4.39 Å². The molecule has 1 heterocycles. The van der Waals surface area contributed by atoms with Gasteiger partial charge in [0.1, 0.15) is 5.82 Å². The van der Waals surface area contributed by atoms with Crippen LogP contribution >= 0.6 is 0 Å². The molecule has 0 saturated carbocycles. The van der Waals surface area contributed by atoms with Crippen LogP contribution < -0.4 is 5.32 Å². The zero-order valence-corrected chi connectivity index (χ0v) is 10.7. The highest BCUT2D eigenvalue weighted by Gasteiger charge is 2.05. The second-order valence-corrected chi connectivity index (χ2v) is 4.46. The van der Waals surface area contributed by atoms with E-state index in [1.54, 1.807) is 4.68 Å². The van der Waals surface area contributed by atoms with Gasteiger partial charge in [0, 0.05) is 32.3 Å². The van der Waals surface area contributed by atoms with Crippen molar-refractivity contribution in [2.45, 2.75) is 19.4 Å². The number of nitrogens with one attached hydrogen (secondary N) is 1. The van der Waals surface area contributed by atoms with Gasteiger partial charge in [-0.3, -0.25) is 4.68 Å². The summed E-state index contributed by atoms with van der Waals surface area (Å²) in [6.45, 7) is 2.93. The van der Waals surface area contributed by atoms with Crippen molar-refractivity contribution in [1.29, 1.82) is 0 Å². The van der Waals surface area contributed by atoms with Crippen molar-refractivity contribution in [1.82, 2.24) is 15.1 Å². The Morgan fingerprint density at radius 2 is 2.00 bits per heavy atom. The average molecular weight is 247 g/mol. The van der Waals surface area contributed by atoms with E-state index in [-0.39, 0.29) is 11.9 Å². The highest BCUT2D eigenvalue weighted by Crippen LogP contribution is 2.12. The van der Waals surface area contributed by atoms with Gasteiger partial charge in [-0.05, 0) is 30.7 Å². The molecule has 0 saturated heterocycles. The van der Waals surface area contributed by atoms with Gasteiger partial charge < -0.3 is 5.32 Å². The summed E-state index contributed by atoms with van der Waals surface area (Å²) in [5, 5.41) is 7.72. The molecule has 1 atom stereocenters. The zero-order valence-electron chi connectivity index (χ0n) is 10.7. The van der Waals surface area contributed by atoms with E-state index in [4.69, 9.17) is 0 Å².